The summed E-state index contributed by atoms with van der Waals surface area (Å²) in [6, 6.07) is 15.9. The number of thiophene rings is 1. The zero-order valence-corrected chi connectivity index (χ0v) is 16.8. The Morgan fingerprint density at radius 2 is 1.72 bits per heavy atom. The van der Waals surface area contributed by atoms with Crippen LogP contribution in [0, 0.1) is 0 Å². The number of urea groups is 1. The molecule has 0 saturated carbocycles. The van der Waals surface area contributed by atoms with E-state index in [9.17, 15) is 9.59 Å². The number of carbonyl (C=O) groups is 2. The van der Waals surface area contributed by atoms with Gasteiger partial charge >= 0.3 is 6.03 Å². The number of benzene rings is 2. The van der Waals surface area contributed by atoms with Gasteiger partial charge in [-0.1, -0.05) is 12.1 Å². The topological polar surface area (TPSA) is 103 Å². The van der Waals surface area contributed by atoms with Crippen LogP contribution in [0.25, 0.3) is 10.4 Å². The molecule has 2 aromatic carbocycles. The standard InChI is InChI=1S/C21H21N3O4S/c1-27-15-8-6-14(7-9-15)18-11-17(20(29-18)24-21(22)26)19(25)23-12-13-4-3-5-16(10-13)28-2/h3-11H,12H2,1-2H3,(H,23,25)(H3,22,24,26). The average molecular weight is 411 g/mol. The number of anilines is 1. The number of carbonyl (C=O) groups excluding carboxylic acids is 2. The molecular formula is C21H21N3O4S. The predicted octanol–water partition coefficient (Wildman–Crippen LogP) is 3.85. The van der Waals surface area contributed by atoms with Gasteiger partial charge in [0.2, 0.25) is 0 Å². The van der Waals surface area contributed by atoms with Gasteiger partial charge in [0.25, 0.3) is 5.91 Å². The molecule has 1 heterocycles. The van der Waals surface area contributed by atoms with Crippen LogP contribution in [0.15, 0.2) is 54.6 Å². The first-order valence-electron chi connectivity index (χ1n) is 8.76. The van der Waals surface area contributed by atoms with Gasteiger partial charge in [-0.2, -0.15) is 0 Å². The van der Waals surface area contributed by atoms with Crippen LogP contribution in [0.2, 0.25) is 0 Å². The van der Waals surface area contributed by atoms with Crippen molar-refractivity contribution in [3.8, 4) is 21.9 Å². The van der Waals surface area contributed by atoms with Crippen molar-refractivity contribution in [1.82, 2.24) is 5.32 Å². The van der Waals surface area contributed by atoms with E-state index in [0.717, 1.165) is 21.8 Å². The maximum atomic E-state index is 12.8. The zero-order chi connectivity index (χ0) is 20.8. The Balaban J connectivity index is 1.82. The average Bonchev–Trinajstić information content (AvgIpc) is 3.15. The third-order valence-electron chi connectivity index (χ3n) is 4.18. The second-order valence-corrected chi connectivity index (χ2v) is 7.16. The molecule has 0 aliphatic heterocycles. The van der Waals surface area contributed by atoms with Crippen LogP contribution >= 0.6 is 11.3 Å². The molecule has 0 radical (unpaired) electrons. The monoisotopic (exact) mass is 411 g/mol. The lowest BCUT2D eigenvalue weighted by Crippen LogP contribution is -2.25. The van der Waals surface area contributed by atoms with Gasteiger partial charge < -0.3 is 20.5 Å². The molecule has 150 valence electrons. The van der Waals surface area contributed by atoms with E-state index >= 15 is 0 Å². The van der Waals surface area contributed by atoms with Crippen molar-refractivity contribution in [1.29, 1.82) is 0 Å². The van der Waals surface area contributed by atoms with Gasteiger partial charge in [0.15, 0.2) is 0 Å². The number of hydrogen-bond acceptors (Lipinski definition) is 5. The van der Waals surface area contributed by atoms with Crippen molar-refractivity contribution in [2.24, 2.45) is 5.73 Å². The summed E-state index contributed by atoms with van der Waals surface area (Å²) >= 11 is 1.28. The summed E-state index contributed by atoms with van der Waals surface area (Å²) in [5, 5.41) is 5.79. The smallest absolute Gasteiger partial charge is 0.317 e. The van der Waals surface area contributed by atoms with Crippen molar-refractivity contribution in [3.63, 3.8) is 0 Å². The molecule has 0 bridgehead atoms. The number of nitrogens with two attached hydrogens (primary N) is 1. The van der Waals surface area contributed by atoms with Crippen molar-refractivity contribution in [2.45, 2.75) is 6.54 Å². The lowest BCUT2D eigenvalue weighted by molar-refractivity contribution is 0.0952. The van der Waals surface area contributed by atoms with Crippen LogP contribution in [0.4, 0.5) is 9.80 Å². The van der Waals surface area contributed by atoms with Gasteiger partial charge in [0, 0.05) is 11.4 Å². The Morgan fingerprint density at radius 3 is 2.38 bits per heavy atom. The van der Waals surface area contributed by atoms with Gasteiger partial charge in [0.05, 0.1) is 19.8 Å². The summed E-state index contributed by atoms with van der Waals surface area (Å²) in [7, 11) is 3.19. The molecule has 8 heteroatoms. The molecule has 0 saturated heterocycles. The lowest BCUT2D eigenvalue weighted by atomic mass is 10.1. The highest BCUT2D eigenvalue weighted by Gasteiger charge is 2.18. The Labute approximate surface area is 172 Å². The molecule has 0 spiro atoms. The van der Waals surface area contributed by atoms with Gasteiger partial charge in [-0.15, -0.1) is 11.3 Å². The van der Waals surface area contributed by atoms with Crippen molar-refractivity contribution < 1.29 is 19.1 Å². The fraction of sp³-hybridized carbons (Fsp3) is 0.143. The first-order valence-corrected chi connectivity index (χ1v) is 9.57. The maximum absolute atomic E-state index is 12.8. The number of hydrogen-bond donors (Lipinski definition) is 3. The minimum Gasteiger partial charge on any atom is -0.497 e. The van der Waals surface area contributed by atoms with Gasteiger partial charge in [-0.25, -0.2) is 4.79 Å². The number of methoxy groups -OCH3 is 2. The minimum atomic E-state index is -0.727. The number of amides is 3. The van der Waals surface area contributed by atoms with Crippen LogP contribution in [-0.2, 0) is 6.54 Å². The molecule has 0 atom stereocenters. The number of primary amides is 1. The molecule has 0 aliphatic rings. The molecule has 0 aliphatic carbocycles. The summed E-state index contributed by atoms with van der Waals surface area (Å²) in [6.07, 6.45) is 0. The van der Waals surface area contributed by atoms with Gasteiger partial charge in [-0.3, -0.25) is 10.1 Å². The normalized spacial score (nSPS) is 10.3. The lowest BCUT2D eigenvalue weighted by Gasteiger charge is -2.07. The largest absolute Gasteiger partial charge is 0.497 e. The van der Waals surface area contributed by atoms with E-state index in [1.165, 1.54) is 11.3 Å². The summed E-state index contributed by atoms with van der Waals surface area (Å²) in [4.78, 5) is 25.0. The van der Waals surface area contributed by atoms with Crippen LogP contribution in [-0.4, -0.2) is 26.2 Å². The highest BCUT2D eigenvalue weighted by Crippen LogP contribution is 2.36. The third kappa shape index (κ3) is 5.05. The zero-order valence-electron chi connectivity index (χ0n) is 16.0. The van der Waals surface area contributed by atoms with E-state index in [1.807, 2.05) is 48.5 Å². The second-order valence-electron chi connectivity index (χ2n) is 6.11. The van der Waals surface area contributed by atoms with Crippen molar-refractivity contribution in [2.75, 3.05) is 19.5 Å². The number of ether oxygens (including phenoxy) is 2. The van der Waals surface area contributed by atoms with Gasteiger partial charge in [-0.05, 0) is 53.6 Å². The fourth-order valence-electron chi connectivity index (χ4n) is 2.72. The molecule has 3 aromatic rings. The summed E-state index contributed by atoms with van der Waals surface area (Å²) < 4.78 is 10.4. The molecule has 0 unspecified atom stereocenters. The molecule has 29 heavy (non-hydrogen) atoms. The third-order valence-corrected chi connectivity index (χ3v) is 5.27. The molecule has 4 N–H and O–H groups in total. The second kappa shape index (κ2) is 9.11. The summed E-state index contributed by atoms with van der Waals surface area (Å²) in [6.45, 7) is 0.319. The van der Waals surface area contributed by atoms with Crippen LogP contribution in [0.5, 0.6) is 11.5 Å². The van der Waals surface area contributed by atoms with Crippen LogP contribution < -0.4 is 25.8 Å². The summed E-state index contributed by atoms with van der Waals surface area (Å²) in [5.74, 6) is 1.13. The van der Waals surface area contributed by atoms with E-state index in [2.05, 4.69) is 10.6 Å². The Kier molecular flexibility index (Phi) is 6.36. The van der Waals surface area contributed by atoms with Gasteiger partial charge in [0.1, 0.15) is 16.5 Å². The van der Waals surface area contributed by atoms with E-state index in [1.54, 1.807) is 20.3 Å². The van der Waals surface area contributed by atoms with E-state index in [4.69, 9.17) is 15.2 Å². The van der Waals surface area contributed by atoms with Crippen LogP contribution in [0.3, 0.4) is 0 Å². The predicted molar refractivity (Wildman–Crippen MR) is 114 cm³/mol. The minimum absolute atomic E-state index is 0.312. The highest BCUT2D eigenvalue weighted by molar-refractivity contribution is 7.20. The number of nitrogens with one attached hydrogen (secondary N) is 2. The highest BCUT2D eigenvalue weighted by atomic mass is 32.1. The van der Waals surface area contributed by atoms with Crippen molar-refractivity contribution in [3.05, 3.63) is 65.7 Å². The summed E-state index contributed by atoms with van der Waals surface area (Å²) in [5.41, 5.74) is 7.41. The van der Waals surface area contributed by atoms with E-state index < -0.39 is 6.03 Å². The molecule has 3 rings (SSSR count). The van der Waals surface area contributed by atoms with E-state index in [-0.39, 0.29) is 5.91 Å². The molecule has 0 fully saturated rings. The molecule has 1 aromatic heterocycles. The quantitative estimate of drug-likeness (QED) is 0.549. The SMILES string of the molecule is COc1ccc(-c2cc(C(=O)NCc3cccc(OC)c3)c(NC(N)=O)s2)cc1. The Bertz CT molecular complexity index is 1020. The van der Waals surface area contributed by atoms with E-state index in [0.29, 0.717) is 22.9 Å². The Morgan fingerprint density at radius 1 is 1.00 bits per heavy atom. The molecule has 7 nitrogen and oxygen atoms in total. The first-order chi connectivity index (χ1) is 14.0. The number of rotatable bonds is 7. The maximum Gasteiger partial charge on any atom is 0.317 e. The Hall–Kier alpha value is -3.52. The first kappa shape index (κ1) is 20.2. The van der Waals surface area contributed by atoms with Crippen molar-refractivity contribution >= 4 is 28.3 Å². The molecular weight excluding hydrogens is 390 g/mol. The van der Waals surface area contributed by atoms with Crippen LogP contribution in [0.1, 0.15) is 15.9 Å². The fourth-order valence-corrected chi connectivity index (χ4v) is 3.79. The molecule has 3 amide bonds.